The highest BCUT2D eigenvalue weighted by atomic mass is 32.5. The molecule has 0 saturated carbocycles. The summed E-state index contributed by atoms with van der Waals surface area (Å²) in [5.74, 6) is -2.41. The molecule has 0 aliphatic carbocycles. The Bertz CT molecular complexity index is 960. The predicted molar refractivity (Wildman–Crippen MR) is 95.7 cm³/mol. The fourth-order valence-corrected chi connectivity index (χ4v) is 2.77. The lowest BCUT2D eigenvalue weighted by molar-refractivity contribution is -0.275. The molecule has 0 aliphatic rings. The SMILES string of the molecule is CC(O)(COc1ccccc1OC(F)(F)F)C(=O)Nc1ccc(S(F)(F)(F)(F)F)cc1. The van der Waals surface area contributed by atoms with Crippen molar-refractivity contribution >= 4 is 21.8 Å². The lowest BCUT2D eigenvalue weighted by atomic mass is 10.1. The van der Waals surface area contributed by atoms with Crippen LogP contribution in [0.2, 0.25) is 0 Å². The van der Waals surface area contributed by atoms with Crippen molar-refractivity contribution in [1.82, 2.24) is 0 Å². The number of nitrogens with one attached hydrogen (secondary N) is 1. The molecule has 0 spiro atoms. The minimum atomic E-state index is -9.89. The summed E-state index contributed by atoms with van der Waals surface area (Å²) in [6, 6.07) is 5.75. The van der Waals surface area contributed by atoms with Crippen LogP contribution >= 0.6 is 10.2 Å². The van der Waals surface area contributed by atoms with Gasteiger partial charge in [0.1, 0.15) is 11.5 Å². The van der Waals surface area contributed by atoms with E-state index in [9.17, 15) is 42.5 Å². The predicted octanol–water partition coefficient (Wildman–Crippen LogP) is 6.01. The first-order valence-corrected chi connectivity index (χ1v) is 10.1. The van der Waals surface area contributed by atoms with Crippen LogP contribution in [0.5, 0.6) is 11.5 Å². The Labute approximate surface area is 170 Å². The van der Waals surface area contributed by atoms with E-state index in [1.807, 2.05) is 5.32 Å². The second kappa shape index (κ2) is 7.15. The van der Waals surface area contributed by atoms with E-state index in [2.05, 4.69) is 4.74 Å². The van der Waals surface area contributed by atoms with Gasteiger partial charge in [0.15, 0.2) is 17.1 Å². The lowest BCUT2D eigenvalue weighted by Crippen LogP contribution is -2.45. The van der Waals surface area contributed by atoms with E-state index in [0.29, 0.717) is 12.1 Å². The number of carbonyl (C=O) groups is 1. The molecular formula is C17H15F8NO4S. The first kappa shape index (κ1) is 24.5. The van der Waals surface area contributed by atoms with Crippen LogP contribution in [0.4, 0.5) is 38.3 Å². The highest BCUT2D eigenvalue weighted by molar-refractivity contribution is 8.45. The number of hydrogen-bond acceptors (Lipinski definition) is 4. The van der Waals surface area contributed by atoms with Crippen molar-refractivity contribution in [2.75, 3.05) is 11.9 Å². The molecule has 2 aromatic rings. The molecule has 0 fully saturated rings. The normalized spacial score (nSPS) is 16.5. The summed E-state index contributed by atoms with van der Waals surface area (Å²) >= 11 is 0. The van der Waals surface area contributed by atoms with Crippen LogP contribution in [0, 0.1) is 0 Å². The number of para-hydroxylation sites is 2. The van der Waals surface area contributed by atoms with Gasteiger partial charge < -0.3 is 19.9 Å². The van der Waals surface area contributed by atoms with Crippen molar-refractivity contribution in [3.8, 4) is 11.5 Å². The maximum atomic E-state index is 12.7. The Morgan fingerprint density at radius 1 is 0.968 bits per heavy atom. The molecule has 14 heteroatoms. The van der Waals surface area contributed by atoms with E-state index in [1.165, 1.54) is 12.1 Å². The molecule has 2 rings (SSSR count). The maximum absolute atomic E-state index is 12.7. The van der Waals surface area contributed by atoms with Crippen molar-refractivity contribution < 1.29 is 52.0 Å². The number of aliphatic hydroxyl groups is 1. The third-order valence-electron chi connectivity index (χ3n) is 3.63. The summed E-state index contributed by atoms with van der Waals surface area (Å²) in [5, 5.41) is 12.2. The summed E-state index contributed by atoms with van der Waals surface area (Å²) in [7, 11) is -9.89. The first-order chi connectivity index (χ1) is 13.8. The highest BCUT2D eigenvalue weighted by Gasteiger charge is 2.65. The van der Waals surface area contributed by atoms with Crippen LogP contribution in [0.1, 0.15) is 6.92 Å². The lowest BCUT2D eigenvalue weighted by Gasteiger charge is -2.40. The molecule has 5 nitrogen and oxygen atoms in total. The summed E-state index contributed by atoms with van der Waals surface area (Å²) in [5.41, 5.74) is -2.72. The van der Waals surface area contributed by atoms with E-state index in [-0.39, 0.29) is 17.8 Å². The largest absolute Gasteiger partial charge is 0.573 e. The summed E-state index contributed by atoms with van der Waals surface area (Å²) in [4.78, 5) is 9.99. The molecule has 1 unspecified atom stereocenters. The van der Waals surface area contributed by atoms with Crippen LogP contribution in [-0.2, 0) is 4.79 Å². The zero-order chi connectivity index (χ0) is 23.8. The molecule has 2 aromatic carbocycles. The molecule has 1 amide bonds. The van der Waals surface area contributed by atoms with E-state index in [4.69, 9.17) is 4.74 Å². The van der Waals surface area contributed by atoms with Gasteiger partial charge in [0.2, 0.25) is 0 Å². The van der Waals surface area contributed by atoms with Gasteiger partial charge in [0.05, 0.1) is 0 Å². The van der Waals surface area contributed by atoms with E-state index in [1.54, 1.807) is 0 Å². The zero-order valence-electron chi connectivity index (χ0n) is 15.4. The van der Waals surface area contributed by atoms with Crippen molar-refractivity contribution in [2.45, 2.75) is 23.8 Å². The minimum absolute atomic E-state index is 0.0626. The fraction of sp³-hybridized carbons (Fsp3) is 0.235. The zero-order valence-corrected chi connectivity index (χ0v) is 16.2. The number of rotatable bonds is 7. The molecule has 0 radical (unpaired) electrons. The number of anilines is 1. The Morgan fingerprint density at radius 2 is 1.48 bits per heavy atom. The summed E-state index contributed by atoms with van der Waals surface area (Å²) in [6.45, 7) is 0.0409. The average molecular weight is 481 g/mol. The number of alkyl halides is 3. The second-order valence-corrected chi connectivity index (χ2v) is 8.91. The van der Waals surface area contributed by atoms with Crippen LogP contribution in [0.3, 0.4) is 0 Å². The van der Waals surface area contributed by atoms with Gasteiger partial charge in [0, 0.05) is 5.69 Å². The number of hydrogen-bond donors (Lipinski definition) is 2. The molecule has 174 valence electrons. The molecule has 2 N–H and O–H groups in total. The number of ether oxygens (including phenoxy) is 2. The van der Waals surface area contributed by atoms with Crippen molar-refractivity contribution in [2.24, 2.45) is 0 Å². The Balaban J connectivity index is 2.08. The molecule has 0 saturated heterocycles. The van der Waals surface area contributed by atoms with E-state index < -0.39 is 51.1 Å². The summed E-state index contributed by atoms with van der Waals surface area (Å²) < 4.78 is 110. The monoisotopic (exact) mass is 481 g/mol. The van der Waals surface area contributed by atoms with Crippen LogP contribution in [-0.4, -0.2) is 29.6 Å². The van der Waals surface area contributed by atoms with Gasteiger partial charge in [0.25, 0.3) is 5.91 Å². The van der Waals surface area contributed by atoms with Crippen molar-refractivity contribution in [1.29, 1.82) is 0 Å². The standard InChI is InChI=1S/C17H15F8NO4S/c1-16(28,10-29-13-4-2-3-5-14(13)30-17(18,19)20)15(27)26-11-6-8-12(9-7-11)31(21,22,23,24)25/h2-9,28H,10H2,1H3,(H,26,27). The van der Waals surface area contributed by atoms with Crippen LogP contribution in [0.15, 0.2) is 53.4 Å². The summed E-state index contributed by atoms with van der Waals surface area (Å²) in [6.07, 6.45) is -5.03. The molecule has 0 aliphatic heterocycles. The van der Waals surface area contributed by atoms with Crippen molar-refractivity contribution in [3.05, 3.63) is 48.5 Å². The minimum Gasteiger partial charge on any atom is -0.486 e. The van der Waals surface area contributed by atoms with Gasteiger partial charge in [-0.3, -0.25) is 4.79 Å². The van der Waals surface area contributed by atoms with E-state index in [0.717, 1.165) is 19.1 Å². The Kier molecular flexibility index (Phi) is 5.66. The third-order valence-corrected chi connectivity index (χ3v) is 4.79. The van der Waals surface area contributed by atoms with Gasteiger partial charge in [-0.15, -0.1) is 13.2 Å². The first-order valence-electron chi connectivity index (χ1n) is 8.12. The number of amides is 1. The second-order valence-electron chi connectivity index (χ2n) is 6.50. The van der Waals surface area contributed by atoms with Gasteiger partial charge >= 0.3 is 16.6 Å². The van der Waals surface area contributed by atoms with Crippen molar-refractivity contribution in [3.63, 3.8) is 0 Å². The molecule has 1 atom stereocenters. The Hall–Kier alpha value is -2.74. The molecule has 0 heterocycles. The number of carbonyl (C=O) groups excluding carboxylic acids is 1. The van der Waals surface area contributed by atoms with Gasteiger partial charge in [-0.1, -0.05) is 31.6 Å². The van der Waals surface area contributed by atoms with Crippen LogP contribution in [0.25, 0.3) is 0 Å². The van der Waals surface area contributed by atoms with E-state index >= 15 is 0 Å². The highest BCUT2D eigenvalue weighted by Crippen LogP contribution is 3.02. The molecular weight excluding hydrogens is 466 g/mol. The topological polar surface area (TPSA) is 67.8 Å². The van der Waals surface area contributed by atoms with Crippen LogP contribution < -0.4 is 14.8 Å². The fourth-order valence-electron chi connectivity index (χ4n) is 2.12. The van der Waals surface area contributed by atoms with Gasteiger partial charge in [-0.05, 0) is 43.3 Å². The molecule has 0 aromatic heterocycles. The molecule has 31 heavy (non-hydrogen) atoms. The average Bonchev–Trinajstić information content (AvgIpc) is 2.58. The maximum Gasteiger partial charge on any atom is 0.573 e. The smallest absolute Gasteiger partial charge is 0.486 e. The number of benzene rings is 2. The van der Waals surface area contributed by atoms with Gasteiger partial charge in [-0.25, -0.2) is 0 Å². The quantitative estimate of drug-likeness (QED) is 0.476. The third kappa shape index (κ3) is 7.17. The Morgan fingerprint density at radius 3 is 1.97 bits per heavy atom. The molecule has 0 bridgehead atoms. The number of halogens is 8. The van der Waals surface area contributed by atoms with Gasteiger partial charge in [-0.2, -0.15) is 0 Å².